The number of carbonyl (C=O) groups excluding carboxylic acids is 2. The molecule has 0 heterocycles. The monoisotopic (exact) mass is 304 g/mol. The summed E-state index contributed by atoms with van der Waals surface area (Å²) < 4.78 is 0. The molecule has 1 aromatic rings. The van der Waals surface area contributed by atoms with Gasteiger partial charge in [-0.3, -0.25) is 9.59 Å². The van der Waals surface area contributed by atoms with Crippen molar-refractivity contribution >= 4 is 11.7 Å². The molecular formula is C18H28N2O2. The zero-order valence-electron chi connectivity index (χ0n) is 14.4. The van der Waals surface area contributed by atoms with Gasteiger partial charge in [0.2, 0.25) is 0 Å². The Morgan fingerprint density at radius 1 is 1.05 bits per heavy atom. The van der Waals surface area contributed by atoms with Gasteiger partial charge in [-0.1, -0.05) is 52.8 Å². The molecule has 1 rings (SSSR count). The van der Waals surface area contributed by atoms with Gasteiger partial charge in [0.1, 0.15) is 0 Å². The van der Waals surface area contributed by atoms with Crippen molar-refractivity contribution in [3.05, 3.63) is 35.4 Å². The molecule has 1 aromatic carbocycles. The van der Waals surface area contributed by atoms with E-state index < -0.39 is 5.41 Å². The molecule has 0 aliphatic carbocycles. The second-order valence-corrected chi connectivity index (χ2v) is 6.41. The number of Topliss-reactive ketones (excluding diaryl/α,β-unsaturated/α-hetero) is 1. The number of benzene rings is 1. The highest BCUT2D eigenvalue weighted by atomic mass is 16.2. The van der Waals surface area contributed by atoms with Gasteiger partial charge in [0.05, 0.1) is 5.56 Å². The summed E-state index contributed by atoms with van der Waals surface area (Å²) in [5.41, 5.74) is 0.453. The number of nitrogens with zero attached hydrogens (tertiary/aromatic N) is 1. The minimum Gasteiger partial charge on any atom is -0.351 e. The molecule has 0 aliphatic heterocycles. The molecule has 122 valence electrons. The summed E-state index contributed by atoms with van der Waals surface area (Å²) in [5.74, 6) is -0.192. The van der Waals surface area contributed by atoms with Gasteiger partial charge in [-0.2, -0.15) is 0 Å². The first-order chi connectivity index (χ1) is 10.3. The zero-order chi connectivity index (χ0) is 16.8. The quantitative estimate of drug-likeness (QED) is 0.788. The molecule has 0 saturated carbocycles. The van der Waals surface area contributed by atoms with Crippen LogP contribution in [-0.2, 0) is 0 Å². The lowest BCUT2D eigenvalue weighted by Gasteiger charge is -2.20. The van der Waals surface area contributed by atoms with E-state index in [1.54, 1.807) is 24.3 Å². The average Bonchev–Trinajstić information content (AvgIpc) is 2.49. The molecule has 1 N–H and O–H groups in total. The van der Waals surface area contributed by atoms with Crippen LogP contribution in [-0.4, -0.2) is 42.8 Å². The standard InChI is InChI=1S/C18H28N2O2/c1-6-20(7-2)13-12-19-17(22)15-11-9-8-10-14(15)16(21)18(3,4)5/h8-11H,6-7,12-13H2,1-5H3,(H,19,22). The van der Waals surface area contributed by atoms with Gasteiger partial charge >= 0.3 is 0 Å². The SMILES string of the molecule is CCN(CC)CCNC(=O)c1ccccc1C(=O)C(C)(C)C. The number of ketones is 1. The second-order valence-electron chi connectivity index (χ2n) is 6.41. The molecular weight excluding hydrogens is 276 g/mol. The third kappa shape index (κ3) is 4.95. The van der Waals surface area contributed by atoms with Crippen molar-refractivity contribution in [1.29, 1.82) is 0 Å². The van der Waals surface area contributed by atoms with Gasteiger partial charge in [-0.05, 0) is 19.2 Å². The highest BCUT2D eigenvalue weighted by Gasteiger charge is 2.26. The van der Waals surface area contributed by atoms with Crippen LogP contribution in [0, 0.1) is 5.41 Å². The number of carbonyl (C=O) groups is 2. The summed E-state index contributed by atoms with van der Waals surface area (Å²) in [6.07, 6.45) is 0. The van der Waals surface area contributed by atoms with Crippen molar-refractivity contribution in [2.24, 2.45) is 5.41 Å². The number of amides is 1. The average molecular weight is 304 g/mol. The van der Waals surface area contributed by atoms with Crippen LogP contribution in [0.4, 0.5) is 0 Å². The summed E-state index contributed by atoms with van der Waals surface area (Å²) >= 11 is 0. The Morgan fingerprint density at radius 3 is 2.09 bits per heavy atom. The molecule has 0 radical (unpaired) electrons. The van der Waals surface area contributed by atoms with Crippen LogP contribution in [0.1, 0.15) is 55.3 Å². The van der Waals surface area contributed by atoms with Gasteiger partial charge in [0.25, 0.3) is 5.91 Å². The lowest BCUT2D eigenvalue weighted by molar-refractivity contribution is 0.0847. The molecule has 22 heavy (non-hydrogen) atoms. The van der Waals surface area contributed by atoms with Crippen LogP contribution in [0.15, 0.2) is 24.3 Å². The summed E-state index contributed by atoms with van der Waals surface area (Å²) in [6.45, 7) is 13.1. The van der Waals surface area contributed by atoms with Crippen LogP contribution in [0.2, 0.25) is 0 Å². The van der Waals surface area contributed by atoms with Crippen molar-refractivity contribution in [3.8, 4) is 0 Å². The third-order valence-electron chi connectivity index (χ3n) is 3.71. The number of nitrogens with one attached hydrogen (secondary N) is 1. The highest BCUT2D eigenvalue weighted by Crippen LogP contribution is 2.23. The van der Waals surface area contributed by atoms with Crippen molar-refractivity contribution in [2.75, 3.05) is 26.2 Å². The van der Waals surface area contributed by atoms with Crippen LogP contribution in [0.25, 0.3) is 0 Å². The van der Waals surface area contributed by atoms with Crippen LogP contribution < -0.4 is 5.32 Å². The van der Waals surface area contributed by atoms with Crippen molar-refractivity contribution in [3.63, 3.8) is 0 Å². The Hall–Kier alpha value is -1.68. The van der Waals surface area contributed by atoms with E-state index in [0.717, 1.165) is 19.6 Å². The topological polar surface area (TPSA) is 49.4 Å². The zero-order valence-corrected chi connectivity index (χ0v) is 14.4. The van der Waals surface area contributed by atoms with E-state index in [9.17, 15) is 9.59 Å². The molecule has 0 fully saturated rings. The fourth-order valence-electron chi connectivity index (χ4n) is 2.25. The summed E-state index contributed by atoms with van der Waals surface area (Å²) in [7, 11) is 0. The molecule has 0 bridgehead atoms. The van der Waals surface area contributed by atoms with Gasteiger partial charge in [0.15, 0.2) is 5.78 Å². The largest absolute Gasteiger partial charge is 0.351 e. The minimum atomic E-state index is -0.502. The van der Waals surface area contributed by atoms with E-state index in [1.807, 2.05) is 20.8 Å². The lowest BCUT2D eigenvalue weighted by Crippen LogP contribution is -2.35. The van der Waals surface area contributed by atoms with Gasteiger partial charge in [-0.15, -0.1) is 0 Å². The molecule has 4 heteroatoms. The first-order valence-corrected chi connectivity index (χ1v) is 7.95. The minimum absolute atomic E-state index is 0.0120. The Bertz CT molecular complexity index is 514. The fourth-order valence-corrected chi connectivity index (χ4v) is 2.25. The normalized spacial score (nSPS) is 11.5. The lowest BCUT2D eigenvalue weighted by atomic mass is 9.84. The number of hydrogen-bond acceptors (Lipinski definition) is 3. The smallest absolute Gasteiger partial charge is 0.252 e. The number of rotatable bonds is 7. The van der Waals surface area contributed by atoms with E-state index in [2.05, 4.69) is 24.1 Å². The maximum absolute atomic E-state index is 12.5. The predicted molar refractivity (Wildman–Crippen MR) is 90.3 cm³/mol. The molecule has 0 atom stereocenters. The van der Waals surface area contributed by atoms with E-state index in [4.69, 9.17) is 0 Å². The van der Waals surface area contributed by atoms with Gasteiger partial charge in [-0.25, -0.2) is 0 Å². The number of likely N-dealkylation sites (N-methyl/N-ethyl adjacent to an activating group) is 1. The molecule has 0 spiro atoms. The maximum atomic E-state index is 12.5. The van der Waals surface area contributed by atoms with Crippen molar-refractivity contribution in [1.82, 2.24) is 10.2 Å². The second kappa shape index (κ2) is 8.08. The Balaban J connectivity index is 2.80. The number of hydrogen-bond donors (Lipinski definition) is 1. The maximum Gasteiger partial charge on any atom is 0.252 e. The molecule has 1 amide bonds. The first-order valence-electron chi connectivity index (χ1n) is 7.95. The van der Waals surface area contributed by atoms with E-state index in [-0.39, 0.29) is 11.7 Å². The molecule has 0 unspecified atom stereocenters. The summed E-state index contributed by atoms with van der Waals surface area (Å²) in [5, 5.41) is 2.91. The third-order valence-corrected chi connectivity index (χ3v) is 3.71. The molecule has 0 aliphatic rings. The fraction of sp³-hybridized carbons (Fsp3) is 0.556. The van der Waals surface area contributed by atoms with Gasteiger partial charge < -0.3 is 10.2 Å². The summed E-state index contributed by atoms with van der Waals surface area (Å²) in [4.78, 5) is 27.1. The summed E-state index contributed by atoms with van der Waals surface area (Å²) in [6, 6.07) is 7.03. The first kappa shape index (κ1) is 18.4. The molecule has 4 nitrogen and oxygen atoms in total. The highest BCUT2D eigenvalue weighted by molar-refractivity contribution is 6.09. The van der Waals surface area contributed by atoms with Crippen LogP contribution in [0.3, 0.4) is 0 Å². The van der Waals surface area contributed by atoms with Crippen molar-refractivity contribution in [2.45, 2.75) is 34.6 Å². The van der Waals surface area contributed by atoms with E-state index >= 15 is 0 Å². The van der Waals surface area contributed by atoms with Crippen LogP contribution >= 0.6 is 0 Å². The Morgan fingerprint density at radius 2 is 1.59 bits per heavy atom. The Kier molecular flexibility index (Phi) is 6.75. The van der Waals surface area contributed by atoms with Crippen LogP contribution in [0.5, 0.6) is 0 Å². The Labute approximate surface area is 133 Å². The molecule has 0 saturated heterocycles. The van der Waals surface area contributed by atoms with Crippen molar-refractivity contribution < 1.29 is 9.59 Å². The molecule has 0 aromatic heterocycles. The van der Waals surface area contributed by atoms with E-state index in [0.29, 0.717) is 17.7 Å². The predicted octanol–water partition coefficient (Wildman–Crippen LogP) is 2.99. The van der Waals surface area contributed by atoms with E-state index in [1.165, 1.54) is 0 Å². The van der Waals surface area contributed by atoms with Gasteiger partial charge in [0, 0.05) is 24.1 Å².